The zero-order valence-corrected chi connectivity index (χ0v) is 20.1. The molecule has 1 aromatic heterocycles. The van der Waals surface area contributed by atoms with Crippen LogP contribution in [0.15, 0.2) is 72.9 Å². The van der Waals surface area contributed by atoms with Crippen LogP contribution in [-0.4, -0.2) is 28.6 Å². The lowest BCUT2D eigenvalue weighted by Crippen LogP contribution is -2.18. The smallest absolute Gasteiger partial charge is 0.410 e. The van der Waals surface area contributed by atoms with E-state index in [-0.39, 0.29) is 0 Å². The molecule has 1 aliphatic rings. The number of nitrogens with one attached hydrogen (secondary N) is 1. The number of likely N-dealkylation sites (tertiary alicyclic amines) is 1. The van der Waals surface area contributed by atoms with Gasteiger partial charge in [0.15, 0.2) is 0 Å². The van der Waals surface area contributed by atoms with E-state index in [9.17, 15) is 4.79 Å². The van der Waals surface area contributed by atoms with Crippen LogP contribution in [0, 0.1) is 0 Å². The molecule has 0 unspecified atom stereocenters. The number of anilines is 1. The standard InChI is InChI=1S/C27H25Cl2N3O2/c28-24-9-6-10-25(29)23(24)18-32-17-19(16-31-13-4-5-14-31)22-15-20(11-12-26(22)32)30-27(33)34-21-7-2-1-3-8-21/h1-3,6-12,15,17H,4-5,13-14,16,18H2,(H,30,33). The second kappa shape index (κ2) is 10.1. The molecule has 0 atom stereocenters. The van der Waals surface area contributed by atoms with Gasteiger partial charge in [0.1, 0.15) is 5.75 Å². The first-order valence-electron chi connectivity index (χ1n) is 11.4. The van der Waals surface area contributed by atoms with Crippen molar-refractivity contribution >= 4 is 45.9 Å². The van der Waals surface area contributed by atoms with Crippen LogP contribution in [-0.2, 0) is 13.1 Å². The highest BCUT2D eigenvalue weighted by molar-refractivity contribution is 6.36. The Morgan fingerprint density at radius 2 is 1.65 bits per heavy atom. The highest BCUT2D eigenvalue weighted by atomic mass is 35.5. The van der Waals surface area contributed by atoms with Crippen molar-refractivity contribution in [3.05, 3.63) is 94.1 Å². The lowest BCUT2D eigenvalue weighted by molar-refractivity contribution is 0.215. The zero-order chi connectivity index (χ0) is 23.5. The van der Waals surface area contributed by atoms with E-state index >= 15 is 0 Å². The fraction of sp³-hybridized carbons (Fsp3) is 0.222. The molecule has 2 heterocycles. The number of benzene rings is 3. The third-order valence-electron chi connectivity index (χ3n) is 6.15. The van der Waals surface area contributed by atoms with Crippen molar-refractivity contribution in [2.24, 2.45) is 0 Å². The number of para-hydroxylation sites is 1. The molecular weight excluding hydrogens is 469 g/mol. The van der Waals surface area contributed by atoms with Gasteiger partial charge < -0.3 is 9.30 Å². The van der Waals surface area contributed by atoms with Crippen LogP contribution in [0.4, 0.5) is 10.5 Å². The molecule has 4 aromatic rings. The number of hydrogen-bond donors (Lipinski definition) is 1. The van der Waals surface area contributed by atoms with E-state index in [4.69, 9.17) is 27.9 Å². The average molecular weight is 494 g/mol. The Balaban J connectivity index is 1.45. The summed E-state index contributed by atoms with van der Waals surface area (Å²) in [5.41, 5.74) is 3.85. The summed E-state index contributed by atoms with van der Waals surface area (Å²) in [5, 5.41) is 5.25. The Hall–Kier alpha value is -2.99. The van der Waals surface area contributed by atoms with Gasteiger partial charge in [-0.15, -0.1) is 0 Å². The molecule has 174 valence electrons. The number of nitrogens with zero attached hydrogens (tertiary/aromatic N) is 2. The van der Waals surface area contributed by atoms with Crippen LogP contribution < -0.4 is 10.1 Å². The van der Waals surface area contributed by atoms with Crippen LogP contribution in [0.5, 0.6) is 5.75 Å². The van der Waals surface area contributed by atoms with Crippen LogP contribution in [0.1, 0.15) is 24.0 Å². The predicted molar refractivity (Wildman–Crippen MR) is 138 cm³/mol. The maximum atomic E-state index is 12.4. The van der Waals surface area contributed by atoms with Crippen molar-refractivity contribution in [1.82, 2.24) is 9.47 Å². The number of fused-ring (bicyclic) bond motifs is 1. The molecule has 1 amide bonds. The summed E-state index contributed by atoms with van der Waals surface area (Å²) in [6.07, 6.45) is 4.11. The van der Waals surface area contributed by atoms with E-state index < -0.39 is 6.09 Å². The van der Waals surface area contributed by atoms with Gasteiger partial charge in [-0.3, -0.25) is 10.2 Å². The summed E-state index contributed by atoms with van der Waals surface area (Å²) in [4.78, 5) is 14.9. The summed E-state index contributed by atoms with van der Waals surface area (Å²) in [7, 11) is 0. The minimum atomic E-state index is -0.520. The van der Waals surface area contributed by atoms with Gasteiger partial charge in [0, 0.05) is 44.9 Å². The molecule has 0 radical (unpaired) electrons. The van der Waals surface area contributed by atoms with Gasteiger partial charge in [-0.05, 0) is 74.0 Å². The zero-order valence-electron chi connectivity index (χ0n) is 18.6. The highest BCUT2D eigenvalue weighted by Gasteiger charge is 2.18. The van der Waals surface area contributed by atoms with E-state index in [0.717, 1.165) is 36.1 Å². The topological polar surface area (TPSA) is 46.5 Å². The fourth-order valence-corrected chi connectivity index (χ4v) is 5.00. The van der Waals surface area contributed by atoms with E-state index in [1.807, 2.05) is 54.6 Å². The van der Waals surface area contributed by atoms with Crippen LogP contribution in [0.25, 0.3) is 10.9 Å². The van der Waals surface area contributed by atoms with Gasteiger partial charge in [0.25, 0.3) is 0 Å². The molecule has 0 spiro atoms. The molecule has 0 bridgehead atoms. The molecule has 3 aromatic carbocycles. The summed E-state index contributed by atoms with van der Waals surface area (Å²) < 4.78 is 7.57. The second-order valence-electron chi connectivity index (χ2n) is 8.53. The highest BCUT2D eigenvalue weighted by Crippen LogP contribution is 2.31. The number of hydrogen-bond acceptors (Lipinski definition) is 3. The predicted octanol–water partition coefficient (Wildman–Crippen LogP) is 7.20. The molecule has 1 fully saturated rings. The van der Waals surface area contributed by atoms with Crippen molar-refractivity contribution in [2.75, 3.05) is 18.4 Å². The fourth-order valence-electron chi connectivity index (χ4n) is 4.48. The third-order valence-corrected chi connectivity index (χ3v) is 6.85. The molecule has 5 rings (SSSR count). The quantitative estimate of drug-likeness (QED) is 0.308. The van der Waals surface area contributed by atoms with Crippen molar-refractivity contribution < 1.29 is 9.53 Å². The number of aromatic nitrogens is 1. The first-order chi connectivity index (χ1) is 16.6. The summed E-state index contributed by atoms with van der Waals surface area (Å²) in [5.74, 6) is 0.499. The molecule has 1 aliphatic heterocycles. The number of amides is 1. The van der Waals surface area contributed by atoms with Gasteiger partial charge in [0.05, 0.1) is 6.54 Å². The van der Waals surface area contributed by atoms with E-state index in [0.29, 0.717) is 28.0 Å². The summed E-state index contributed by atoms with van der Waals surface area (Å²) in [6.45, 7) is 3.63. The Morgan fingerprint density at radius 3 is 2.38 bits per heavy atom. The lowest BCUT2D eigenvalue weighted by atomic mass is 10.1. The Labute approximate surface area is 208 Å². The number of carbonyl (C=O) groups is 1. The van der Waals surface area contributed by atoms with Gasteiger partial charge in [-0.2, -0.15) is 0 Å². The second-order valence-corrected chi connectivity index (χ2v) is 9.34. The molecule has 1 N–H and O–H groups in total. The lowest BCUT2D eigenvalue weighted by Gasteiger charge is -2.13. The minimum absolute atomic E-state index is 0.499. The molecule has 1 saturated heterocycles. The summed E-state index contributed by atoms with van der Waals surface area (Å²) >= 11 is 12.9. The van der Waals surface area contributed by atoms with Gasteiger partial charge >= 0.3 is 6.09 Å². The van der Waals surface area contributed by atoms with Crippen LogP contribution >= 0.6 is 23.2 Å². The van der Waals surface area contributed by atoms with Crippen molar-refractivity contribution in [3.8, 4) is 5.75 Å². The van der Waals surface area contributed by atoms with Crippen molar-refractivity contribution in [1.29, 1.82) is 0 Å². The Morgan fingerprint density at radius 1 is 0.912 bits per heavy atom. The molecule has 5 nitrogen and oxygen atoms in total. The SMILES string of the molecule is O=C(Nc1ccc2c(c1)c(CN1CCCC1)cn2Cc1c(Cl)cccc1Cl)Oc1ccccc1. The maximum Gasteiger partial charge on any atom is 0.417 e. The normalized spacial score (nSPS) is 13.9. The van der Waals surface area contributed by atoms with Crippen LogP contribution in [0.3, 0.4) is 0 Å². The minimum Gasteiger partial charge on any atom is -0.410 e. The summed E-state index contributed by atoms with van der Waals surface area (Å²) in [6, 6.07) is 20.5. The molecule has 34 heavy (non-hydrogen) atoms. The maximum absolute atomic E-state index is 12.4. The number of halogens is 2. The number of rotatable bonds is 6. The number of ether oxygens (including phenoxy) is 1. The Kier molecular flexibility index (Phi) is 6.77. The van der Waals surface area contributed by atoms with E-state index in [1.54, 1.807) is 12.1 Å². The van der Waals surface area contributed by atoms with E-state index in [2.05, 4.69) is 21.0 Å². The monoisotopic (exact) mass is 493 g/mol. The van der Waals surface area contributed by atoms with Crippen molar-refractivity contribution in [2.45, 2.75) is 25.9 Å². The average Bonchev–Trinajstić information content (AvgIpc) is 3.45. The van der Waals surface area contributed by atoms with Crippen LogP contribution in [0.2, 0.25) is 10.0 Å². The molecular formula is C27H25Cl2N3O2. The van der Waals surface area contributed by atoms with Crippen molar-refractivity contribution in [3.63, 3.8) is 0 Å². The molecule has 0 saturated carbocycles. The third kappa shape index (κ3) is 5.07. The molecule has 0 aliphatic carbocycles. The Bertz CT molecular complexity index is 1290. The molecule has 7 heteroatoms. The van der Waals surface area contributed by atoms with Gasteiger partial charge in [-0.25, -0.2) is 4.79 Å². The first kappa shape index (κ1) is 22.8. The number of carbonyl (C=O) groups excluding carboxylic acids is 1. The van der Waals surface area contributed by atoms with E-state index in [1.165, 1.54) is 18.4 Å². The largest absolute Gasteiger partial charge is 0.417 e. The van der Waals surface area contributed by atoms with Gasteiger partial charge in [-0.1, -0.05) is 47.5 Å². The first-order valence-corrected chi connectivity index (χ1v) is 12.1. The van der Waals surface area contributed by atoms with Gasteiger partial charge in [0.2, 0.25) is 0 Å².